The maximum absolute atomic E-state index is 12.4. The fraction of sp³-hybridized carbons (Fsp3) is 0.529. The molecule has 0 aromatic carbocycles. The summed E-state index contributed by atoms with van der Waals surface area (Å²) in [6.07, 6.45) is 7.46. The molecular weight excluding hydrogens is 306 g/mol. The van der Waals surface area contributed by atoms with Gasteiger partial charge < -0.3 is 9.64 Å². The second-order valence-electron chi connectivity index (χ2n) is 6.04. The Kier molecular flexibility index (Phi) is 5.53. The number of ether oxygens (including phenoxy) is 1. The summed E-state index contributed by atoms with van der Waals surface area (Å²) in [5.74, 6) is 0.165. The van der Waals surface area contributed by atoms with Crippen molar-refractivity contribution in [3.05, 3.63) is 42.2 Å². The number of carbonyl (C=O) groups excluding carboxylic acids is 1. The molecule has 0 bridgehead atoms. The lowest BCUT2D eigenvalue weighted by molar-refractivity contribution is -0.139. The highest BCUT2D eigenvalue weighted by Gasteiger charge is 2.24. The molecule has 1 saturated heterocycles. The lowest BCUT2D eigenvalue weighted by atomic mass is 10.1. The van der Waals surface area contributed by atoms with Crippen molar-refractivity contribution < 1.29 is 9.53 Å². The first-order chi connectivity index (χ1) is 11.7. The second-order valence-corrected chi connectivity index (χ2v) is 6.04. The molecule has 1 aliphatic rings. The smallest absolute Gasteiger partial charge is 0.224 e. The summed E-state index contributed by atoms with van der Waals surface area (Å²) in [4.78, 5) is 22.5. The number of carbonyl (C=O) groups is 1. The Bertz CT molecular complexity index is 658. The van der Waals surface area contributed by atoms with Gasteiger partial charge in [0, 0.05) is 44.1 Å². The normalized spacial score (nSPS) is 17.9. The first kappa shape index (κ1) is 16.6. The highest BCUT2D eigenvalue weighted by molar-refractivity contribution is 5.76. The zero-order chi connectivity index (χ0) is 16.8. The van der Waals surface area contributed by atoms with Crippen LogP contribution in [-0.2, 0) is 22.5 Å². The quantitative estimate of drug-likeness (QED) is 0.797. The fourth-order valence-electron chi connectivity index (χ4n) is 2.85. The van der Waals surface area contributed by atoms with E-state index in [4.69, 9.17) is 4.74 Å². The molecule has 0 radical (unpaired) electrons. The van der Waals surface area contributed by atoms with Gasteiger partial charge in [0.25, 0.3) is 0 Å². The second kappa shape index (κ2) is 8.01. The van der Waals surface area contributed by atoms with E-state index in [1.54, 1.807) is 12.5 Å². The zero-order valence-electron chi connectivity index (χ0n) is 14.0. The molecule has 7 nitrogen and oxygen atoms in total. The summed E-state index contributed by atoms with van der Waals surface area (Å²) in [5, 5.41) is 4.31. The molecule has 0 saturated carbocycles. The molecule has 0 unspecified atom stereocenters. The van der Waals surface area contributed by atoms with Gasteiger partial charge in [-0.3, -0.25) is 9.48 Å². The van der Waals surface area contributed by atoms with Crippen LogP contribution >= 0.6 is 0 Å². The average molecular weight is 329 g/mol. The Labute approximate surface area is 141 Å². The largest absolute Gasteiger partial charge is 0.375 e. The Morgan fingerprint density at radius 3 is 3.08 bits per heavy atom. The molecule has 1 fully saturated rings. The maximum atomic E-state index is 12.4. The molecule has 3 rings (SSSR count). The topological polar surface area (TPSA) is 73.1 Å². The predicted octanol–water partition coefficient (Wildman–Crippen LogP) is 1.23. The van der Waals surface area contributed by atoms with E-state index in [-0.39, 0.29) is 12.0 Å². The highest BCUT2D eigenvalue weighted by Crippen LogP contribution is 2.12. The van der Waals surface area contributed by atoms with Gasteiger partial charge in [0.05, 0.1) is 18.4 Å². The number of aryl methyl sites for hydroxylation is 3. The van der Waals surface area contributed by atoms with Crippen molar-refractivity contribution in [3.8, 4) is 0 Å². The number of hydrogen-bond donors (Lipinski definition) is 0. The molecule has 0 aliphatic carbocycles. The van der Waals surface area contributed by atoms with Gasteiger partial charge in [0.15, 0.2) is 0 Å². The molecule has 2 aromatic heterocycles. The summed E-state index contributed by atoms with van der Waals surface area (Å²) >= 11 is 0. The minimum absolute atomic E-state index is 0.0737. The van der Waals surface area contributed by atoms with Gasteiger partial charge in [-0.15, -0.1) is 0 Å². The van der Waals surface area contributed by atoms with Crippen molar-refractivity contribution in [1.82, 2.24) is 24.6 Å². The molecule has 2 aromatic rings. The van der Waals surface area contributed by atoms with E-state index in [1.807, 2.05) is 34.8 Å². The van der Waals surface area contributed by atoms with E-state index in [0.29, 0.717) is 32.7 Å². The van der Waals surface area contributed by atoms with Crippen molar-refractivity contribution in [2.24, 2.45) is 0 Å². The van der Waals surface area contributed by atoms with E-state index in [9.17, 15) is 4.79 Å². The number of morpholine rings is 1. The summed E-state index contributed by atoms with van der Waals surface area (Å²) in [5.41, 5.74) is 1.98. The SMILES string of the molecule is Cc1ccn(CCC(=O)N2CCO[C@H](CCc3ccncn3)C2)n1. The Hall–Kier alpha value is -2.28. The number of amides is 1. The van der Waals surface area contributed by atoms with Crippen LogP contribution in [0.1, 0.15) is 24.2 Å². The number of aromatic nitrogens is 4. The van der Waals surface area contributed by atoms with Crippen molar-refractivity contribution in [1.29, 1.82) is 0 Å². The van der Waals surface area contributed by atoms with Gasteiger partial charge in [0.1, 0.15) is 6.33 Å². The van der Waals surface area contributed by atoms with Crippen LogP contribution in [0.2, 0.25) is 0 Å². The average Bonchev–Trinajstić information content (AvgIpc) is 3.04. The molecule has 1 amide bonds. The first-order valence-corrected chi connectivity index (χ1v) is 8.35. The molecular formula is C17H23N5O2. The van der Waals surface area contributed by atoms with Crippen LogP contribution in [-0.4, -0.2) is 56.4 Å². The third kappa shape index (κ3) is 4.61. The van der Waals surface area contributed by atoms with E-state index < -0.39 is 0 Å². The van der Waals surface area contributed by atoms with E-state index in [0.717, 1.165) is 24.2 Å². The number of rotatable bonds is 6. The van der Waals surface area contributed by atoms with Crippen molar-refractivity contribution in [3.63, 3.8) is 0 Å². The molecule has 1 atom stereocenters. The molecule has 7 heteroatoms. The Morgan fingerprint density at radius 1 is 1.42 bits per heavy atom. The fourth-order valence-corrected chi connectivity index (χ4v) is 2.85. The lowest BCUT2D eigenvalue weighted by Crippen LogP contribution is -2.46. The van der Waals surface area contributed by atoms with Crippen LogP contribution in [0.15, 0.2) is 30.9 Å². The standard InChI is InChI=1S/C17H23N5O2/c1-14-5-8-22(20-14)9-6-17(23)21-10-11-24-16(12-21)3-2-15-4-7-18-13-19-15/h4-5,7-8,13,16H,2-3,6,9-12H2,1H3/t16-/m1/s1. The van der Waals surface area contributed by atoms with Crippen molar-refractivity contribution >= 4 is 5.91 Å². The van der Waals surface area contributed by atoms with Gasteiger partial charge in [0.2, 0.25) is 5.91 Å². The lowest BCUT2D eigenvalue weighted by Gasteiger charge is -2.33. The van der Waals surface area contributed by atoms with Crippen LogP contribution in [0.5, 0.6) is 0 Å². The van der Waals surface area contributed by atoms with Crippen LogP contribution in [0, 0.1) is 6.92 Å². The van der Waals surface area contributed by atoms with Crippen LogP contribution in [0.25, 0.3) is 0 Å². The van der Waals surface area contributed by atoms with E-state index >= 15 is 0 Å². The molecule has 0 spiro atoms. The zero-order valence-corrected chi connectivity index (χ0v) is 14.0. The monoisotopic (exact) mass is 329 g/mol. The van der Waals surface area contributed by atoms with Gasteiger partial charge in [-0.25, -0.2) is 9.97 Å². The third-order valence-corrected chi connectivity index (χ3v) is 4.19. The number of nitrogens with zero attached hydrogens (tertiary/aromatic N) is 5. The third-order valence-electron chi connectivity index (χ3n) is 4.19. The molecule has 0 N–H and O–H groups in total. The van der Waals surface area contributed by atoms with E-state index in [2.05, 4.69) is 15.1 Å². The minimum Gasteiger partial charge on any atom is -0.375 e. The first-order valence-electron chi connectivity index (χ1n) is 8.35. The van der Waals surface area contributed by atoms with Crippen LogP contribution < -0.4 is 0 Å². The van der Waals surface area contributed by atoms with Crippen LogP contribution in [0.4, 0.5) is 0 Å². The van der Waals surface area contributed by atoms with Crippen LogP contribution in [0.3, 0.4) is 0 Å². The summed E-state index contributed by atoms with van der Waals surface area (Å²) in [7, 11) is 0. The van der Waals surface area contributed by atoms with Crippen molar-refractivity contribution in [2.45, 2.75) is 38.8 Å². The molecule has 3 heterocycles. The Balaban J connectivity index is 1.45. The van der Waals surface area contributed by atoms with E-state index in [1.165, 1.54) is 0 Å². The maximum Gasteiger partial charge on any atom is 0.224 e. The Morgan fingerprint density at radius 2 is 2.33 bits per heavy atom. The molecule has 128 valence electrons. The molecule has 24 heavy (non-hydrogen) atoms. The summed E-state index contributed by atoms with van der Waals surface area (Å²) in [6, 6.07) is 3.86. The van der Waals surface area contributed by atoms with Gasteiger partial charge >= 0.3 is 0 Å². The van der Waals surface area contributed by atoms with Gasteiger partial charge in [-0.2, -0.15) is 5.10 Å². The van der Waals surface area contributed by atoms with Gasteiger partial charge in [-0.05, 0) is 31.9 Å². The highest BCUT2D eigenvalue weighted by atomic mass is 16.5. The minimum atomic E-state index is 0.0737. The number of hydrogen-bond acceptors (Lipinski definition) is 5. The summed E-state index contributed by atoms with van der Waals surface area (Å²) in [6.45, 7) is 4.49. The van der Waals surface area contributed by atoms with Gasteiger partial charge in [-0.1, -0.05) is 0 Å². The molecule has 1 aliphatic heterocycles. The predicted molar refractivity (Wildman–Crippen MR) is 88.3 cm³/mol. The van der Waals surface area contributed by atoms with Crippen molar-refractivity contribution in [2.75, 3.05) is 19.7 Å². The summed E-state index contributed by atoms with van der Waals surface area (Å²) < 4.78 is 7.61.